The van der Waals surface area contributed by atoms with E-state index in [4.69, 9.17) is 5.11 Å². The number of thiophene rings is 1. The summed E-state index contributed by atoms with van der Waals surface area (Å²) >= 11 is 1.32. The average molecular weight is 290 g/mol. The number of nitrogens with one attached hydrogen (secondary N) is 1. The summed E-state index contributed by atoms with van der Waals surface area (Å²) in [5.41, 5.74) is 3.21. The van der Waals surface area contributed by atoms with Crippen LogP contribution in [0.1, 0.15) is 20.1 Å². The number of aryl methyl sites for hydroxylation is 1. The fourth-order valence-electron chi connectivity index (χ4n) is 1.88. The highest BCUT2D eigenvalue weighted by molar-refractivity contribution is 7.14. The van der Waals surface area contributed by atoms with Crippen LogP contribution in [0.15, 0.2) is 30.3 Å². The molecule has 0 unspecified atom stereocenters. The molecule has 4 nitrogen and oxygen atoms in total. The Morgan fingerprint density at radius 2 is 1.95 bits per heavy atom. The predicted octanol–water partition coefficient (Wildman–Crippen LogP) is 3.43. The molecule has 106 valence electrons. The van der Waals surface area contributed by atoms with Crippen LogP contribution in [0.2, 0.25) is 0 Å². The average Bonchev–Trinajstić information content (AvgIpc) is 2.78. The Morgan fingerprint density at radius 3 is 2.45 bits per heavy atom. The molecule has 2 rings (SSSR count). The van der Waals surface area contributed by atoms with Crippen LogP contribution in [0.4, 0.5) is 11.4 Å². The molecule has 2 aromatic rings. The molecule has 0 spiro atoms. The smallest absolute Gasteiger partial charge is 0.345 e. The van der Waals surface area contributed by atoms with E-state index in [0.29, 0.717) is 11.4 Å². The quantitative estimate of drug-likeness (QED) is 0.886. The minimum atomic E-state index is -0.861. The van der Waals surface area contributed by atoms with Crippen molar-refractivity contribution in [2.24, 2.45) is 0 Å². The first-order valence-corrected chi connectivity index (χ1v) is 7.13. The SMILES string of the molecule is Cc1sc(C(=O)O)cc1CNc1ccc(N(C)C)cc1. The summed E-state index contributed by atoms with van der Waals surface area (Å²) < 4.78 is 0. The van der Waals surface area contributed by atoms with Crippen molar-refractivity contribution in [3.05, 3.63) is 45.6 Å². The number of nitrogens with zero attached hydrogens (tertiary/aromatic N) is 1. The molecule has 0 bridgehead atoms. The summed E-state index contributed by atoms with van der Waals surface area (Å²) in [6, 6.07) is 9.88. The Labute approximate surface area is 122 Å². The van der Waals surface area contributed by atoms with Gasteiger partial charge in [0.2, 0.25) is 0 Å². The normalized spacial score (nSPS) is 10.3. The van der Waals surface area contributed by atoms with Gasteiger partial charge in [-0.2, -0.15) is 0 Å². The van der Waals surface area contributed by atoms with E-state index >= 15 is 0 Å². The zero-order valence-electron chi connectivity index (χ0n) is 11.8. The third-order valence-electron chi connectivity index (χ3n) is 3.10. The number of hydrogen-bond acceptors (Lipinski definition) is 4. The van der Waals surface area contributed by atoms with E-state index in [1.165, 1.54) is 11.3 Å². The third kappa shape index (κ3) is 3.30. The van der Waals surface area contributed by atoms with Crippen molar-refractivity contribution in [2.75, 3.05) is 24.3 Å². The van der Waals surface area contributed by atoms with Crippen LogP contribution < -0.4 is 10.2 Å². The molecule has 0 fully saturated rings. The van der Waals surface area contributed by atoms with Gasteiger partial charge in [-0.05, 0) is 42.8 Å². The largest absolute Gasteiger partial charge is 0.477 e. The van der Waals surface area contributed by atoms with Gasteiger partial charge in [0, 0.05) is 36.9 Å². The maximum Gasteiger partial charge on any atom is 0.345 e. The molecule has 0 saturated heterocycles. The number of rotatable bonds is 5. The standard InChI is InChI=1S/C15H18N2O2S/c1-10-11(8-14(20-10)15(18)19)9-16-12-4-6-13(7-5-12)17(2)3/h4-8,16H,9H2,1-3H3,(H,18,19). The molecule has 0 aliphatic rings. The molecule has 1 aromatic heterocycles. The van der Waals surface area contributed by atoms with Gasteiger partial charge in [0.1, 0.15) is 4.88 Å². The van der Waals surface area contributed by atoms with Gasteiger partial charge in [0.05, 0.1) is 0 Å². The van der Waals surface area contributed by atoms with E-state index in [1.807, 2.05) is 50.2 Å². The first-order chi connectivity index (χ1) is 9.47. The van der Waals surface area contributed by atoms with Gasteiger partial charge in [-0.25, -0.2) is 4.79 Å². The number of carbonyl (C=O) groups is 1. The number of anilines is 2. The molecular weight excluding hydrogens is 272 g/mol. The topological polar surface area (TPSA) is 52.6 Å². The fraction of sp³-hybridized carbons (Fsp3) is 0.267. The number of carboxylic acid groups (broad SMARTS) is 1. The van der Waals surface area contributed by atoms with Crippen LogP contribution in [0.3, 0.4) is 0 Å². The maximum atomic E-state index is 10.9. The molecule has 0 amide bonds. The fourth-order valence-corrected chi connectivity index (χ4v) is 2.76. The van der Waals surface area contributed by atoms with Gasteiger partial charge >= 0.3 is 5.97 Å². The molecule has 20 heavy (non-hydrogen) atoms. The molecule has 0 atom stereocenters. The molecule has 0 saturated carbocycles. The number of hydrogen-bond donors (Lipinski definition) is 2. The molecule has 0 aliphatic carbocycles. The van der Waals surface area contributed by atoms with E-state index in [0.717, 1.165) is 21.8 Å². The zero-order chi connectivity index (χ0) is 14.7. The van der Waals surface area contributed by atoms with Crippen molar-refractivity contribution in [1.29, 1.82) is 0 Å². The summed E-state index contributed by atoms with van der Waals surface area (Å²) in [4.78, 5) is 14.4. The Hall–Kier alpha value is -2.01. The molecule has 2 N–H and O–H groups in total. The van der Waals surface area contributed by atoms with Crippen LogP contribution in [-0.4, -0.2) is 25.2 Å². The predicted molar refractivity (Wildman–Crippen MR) is 84.1 cm³/mol. The Bertz CT molecular complexity index is 603. The maximum absolute atomic E-state index is 10.9. The molecule has 5 heteroatoms. The van der Waals surface area contributed by atoms with Gasteiger partial charge in [-0.15, -0.1) is 11.3 Å². The monoisotopic (exact) mass is 290 g/mol. The highest BCUT2D eigenvalue weighted by atomic mass is 32.1. The van der Waals surface area contributed by atoms with Gasteiger partial charge in [0.25, 0.3) is 0 Å². The Morgan fingerprint density at radius 1 is 1.30 bits per heavy atom. The summed E-state index contributed by atoms with van der Waals surface area (Å²) in [5, 5.41) is 12.3. The summed E-state index contributed by atoms with van der Waals surface area (Å²) in [6.45, 7) is 2.58. The zero-order valence-corrected chi connectivity index (χ0v) is 12.6. The number of aromatic carboxylic acids is 1. The van der Waals surface area contributed by atoms with Gasteiger partial charge < -0.3 is 15.3 Å². The first kappa shape index (κ1) is 14.4. The summed E-state index contributed by atoms with van der Waals surface area (Å²) in [5.74, 6) is -0.861. The van der Waals surface area contributed by atoms with Crippen LogP contribution in [0.25, 0.3) is 0 Å². The second-order valence-corrected chi connectivity index (χ2v) is 6.05. The molecule has 0 aliphatic heterocycles. The van der Waals surface area contributed by atoms with Crippen LogP contribution >= 0.6 is 11.3 Å². The molecule has 1 heterocycles. The highest BCUT2D eigenvalue weighted by Gasteiger charge is 2.10. The molecule has 1 aromatic carbocycles. The van der Waals surface area contributed by atoms with Crippen molar-refractivity contribution in [2.45, 2.75) is 13.5 Å². The second kappa shape index (κ2) is 5.96. The lowest BCUT2D eigenvalue weighted by molar-refractivity contribution is 0.0702. The second-order valence-electron chi connectivity index (χ2n) is 4.79. The minimum absolute atomic E-state index is 0.391. The van der Waals surface area contributed by atoms with E-state index in [2.05, 4.69) is 5.32 Å². The lowest BCUT2D eigenvalue weighted by atomic mass is 10.2. The van der Waals surface area contributed by atoms with Crippen molar-refractivity contribution in [1.82, 2.24) is 0 Å². The highest BCUT2D eigenvalue weighted by Crippen LogP contribution is 2.23. The summed E-state index contributed by atoms with van der Waals surface area (Å²) in [7, 11) is 4.01. The summed E-state index contributed by atoms with van der Waals surface area (Å²) in [6.07, 6.45) is 0. The van der Waals surface area contributed by atoms with Gasteiger partial charge in [-0.1, -0.05) is 0 Å². The van der Waals surface area contributed by atoms with E-state index < -0.39 is 5.97 Å². The van der Waals surface area contributed by atoms with E-state index in [-0.39, 0.29) is 0 Å². The van der Waals surface area contributed by atoms with Crippen LogP contribution in [-0.2, 0) is 6.54 Å². The molecular formula is C15H18N2O2S. The van der Waals surface area contributed by atoms with Crippen LogP contribution in [0, 0.1) is 6.92 Å². The van der Waals surface area contributed by atoms with Crippen molar-refractivity contribution >= 4 is 28.7 Å². The van der Waals surface area contributed by atoms with E-state index in [1.54, 1.807) is 6.07 Å². The van der Waals surface area contributed by atoms with Gasteiger partial charge in [0.15, 0.2) is 0 Å². The Balaban J connectivity index is 2.03. The Kier molecular flexibility index (Phi) is 4.29. The number of carboxylic acids is 1. The van der Waals surface area contributed by atoms with Crippen molar-refractivity contribution in [3.63, 3.8) is 0 Å². The van der Waals surface area contributed by atoms with Crippen LogP contribution in [0.5, 0.6) is 0 Å². The first-order valence-electron chi connectivity index (χ1n) is 6.31. The third-order valence-corrected chi connectivity index (χ3v) is 4.18. The van der Waals surface area contributed by atoms with Crippen molar-refractivity contribution in [3.8, 4) is 0 Å². The lowest BCUT2D eigenvalue weighted by Gasteiger charge is -2.13. The van der Waals surface area contributed by atoms with Gasteiger partial charge in [-0.3, -0.25) is 0 Å². The molecule has 0 radical (unpaired) electrons. The minimum Gasteiger partial charge on any atom is -0.477 e. The van der Waals surface area contributed by atoms with E-state index in [9.17, 15) is 4.79 Å². The van der Waals surface area contributed by atoms with Crippen molar-refractivity contribution < 1.29 is 9.90 Å². The number of benzene rings is 1. The lowest BCUT2D eigenvalue weighted by Crippen LogP contribution is -2.08.